The molecule has 1 aromatic rings. The van der Waals surface area contributed by atoms with E-state index in [9.17, 15) is 19.5 Å². The quantitative estimate of drug-likeness (QED) is 0.756. The van der Waals surface area contributed by atoms with E-state index < -0.39 is 12.0 Å². The summed E-state index contributed by atoms with van der Waals surface area (Å²) in [6.07, 6.45) is 0.544. The summed E-state index contributed by atoms with van der Waals surface area (Å²) in [5, 5.41) is 11.8. The summed E-state index contributed by atoms with van der Waals surface area (Å²) in [5.74, 6) is -1.84. The van der Waals surface area contributed by atoms with Crippen molar-refractivity contribution in [2.45, 2.75) is 40.2 Å². The number of hydrogen-bond donors (Lipinski definition) is 2. The minimum Gasteiger partial charge on any atom is -0.480 e. The standard InChI is InChI=1S/C18H26N2O4/c1-12-5-7-16(8-6-12)11-13(2)17(22)20(14(3)18(23)24)10-9-19-15(4)21/h5-8,13-14H,9-11H2,1-4H3,(H,19,21)(H,23,24). The largest absolute Gasteiger partial charge is 0.480 e. The lowest BCUT2D eigenvalue weighted by atomic mass is 9.98. The van der Waals surface area contributed by atoms with Gasteiger partial charge < -0.3 is 15.3 Å². The highest BCUT2D eigenvalue weighted by molar-refractivity contribution is 5.85. The molecule has 0 bridgehead atoms. The average molecular weight is 334 g/mol. The lowest BCUT2D eigenvalue weighted by Crippen LogP contribution is -2.48. The van der Waals surface area contributed by atoms with E-state index in [1.807, 2.05) is 31.2 Å². The number of aliphatic carboxylic acids is 1. The van der Waals surface area contributed by atoms with Gasteiger partial charge in [0.25, 0.3) is 0 Å². The van der Waals surface area contributed by atoms with E-state index >= 15 is 0 Å². The highest BCUT2D eigenvalue weighted by Crippen LogP contribution is 2.14. The molecule has 2 N–H and O–H groups in total. The van der Waals surface area contributed by atoms with Crippen molar-refractivity contribution < 1.29 is 19.5 Å². The zero-order chi connectivity index (χ0) is 18.3. The number of nitrogens with one attached hydrogen (secondary N) is 1. The summed E-state index contributed by atoms with van der Waals surface area (Å²) in [4.78, 5) is 36.3. The first-order chi connectivity index (χ1) is 11.2. The lowest BCUT2D eigenvalue weighted by Gasteiger charge is -2.29. The van der Waals surface area contributed by atoms with E-state index in [0.29, 0.717) is 6.42 Å². The molecule has 2 unspecified atom stereocenters. The molecule has 6 heteroatoms. The molecule has 0 radical (unpaired) electrons. The van der Waals surface area contributed by atoms with Crippen molar-refractivity contribution >= 4 is 17.8 Å². The first-order valence-corrected chi connectivity index (χ1v) is 8.05. The van der Waals surface area contributed by atoms with Crippen molar-refractivity contribution in [2.75, 3.05) is 13.1 Å². The van der Waals surface area contributed by atoms with Crippen LogP contribution in [-0.4, -0.2) is 46.9 Å². The normalized spacial score (nSPS) is 13.0. The third-order valence-electron chi connectivity index (χ3n) is 3.92. The fourth-order valence-electron chi connectivity index (χ4n) is 2.43. The van der Waals surface area contributed by atoms with Crippen molar-refractivity contribution in [3.05, 3.63) is 35.4 Å². The van der Waals surface area contributed by atoms with Gasteiger partial charge in [0.1, 0.15) is 6.04 Å². The van der Waals surface area contributed by atoms with Crippen LogP contribution in [0.15, 0.2) is 24.3 Å². The van der Waals surface area contributed by atoms with Gasteiger partial charge in [0, 0.05) is 25.9 Å². The van der Waals surface area contributed by atoms with Gasteiger partial charge in [-0.1, -0.05) is 36.8 Å². The van der Waals surface area contributed by atoms with Gasteiger partial charge in [-0.05, 0) is 25.8 Å². The molecule has 1 rings (SSSR count). The highest BCUT2D eigenvalue weighted by atomic mass is 16.4. The van der Waals surface area contributed by atoms with Crippen LogP contribution in [0.4, 0.5) is 0 Å². The highest BCUT2D eigenvalue weighted by Gasteiger charge is 2.28. The summed E-state index contributed by atoms with van der Waals surface area (Å²) in [5.41, 5.74) is 2.18. The summed E-state index contributed by atoms with van der Waals surface area (Å²) >= 11 is 0. The molecule has 1 aromatic carbocycles. The fraction of sp³-hybridized carbons (Fsp3) is 0.500. The predicted octanol–water partition coefficient (Wildman–Crippen LogP) is 1.61. The number of benzene rings is 1. The second kappa shape index (κ2) is 9.05. The second-order valence-electron chi connectivity index (χ2n) is 6.12. The summed E-state index contributed by atoms with van der Waals surface area (Å²) < 4.78 is 0. The maximum atomic E-state index is 12.7. The van der Waals surface area contributed by atoms with Crippen molar-refractivity contribution in [3.63, 3.8) is 0 Å². The van der Waals surface area contributed by atoms with Crippen molar-refractivity contribution in [3.8, 4) is 0 Å². The molecule has 0 spiro atoms. The van der Waals surface area contributed by atoms with Crippen molar-refractivity contribution in [1.29, 1.82) is 0 Å². The Morgan fingerprint density at radius 3 is 2.25 bits per heavy atom. The number of carbonyl (C=O) groups excluding carboxylic acids is 2. The summed E-state index contributed by atoms with van der Waals surface area (Å²) in [6.45, 7) is 7.05. The monoisotopic (exact) mass is 334 g/mol. The Morgan fingerprint density at radius 2 is 1.75 bits per heavy atom. The molecular weight excluding hydrogens is 308 g/mol. The lowest BCUT2D eigenvalue weighted by molar-refractivity contribution is -0.151. The molecule has 2 atom stereocenters. The van der Waals surface area contributed by atoms with Gasteiger partial charge >= 0.3 is 5.97 Å². The number of nitrogens with zero attached hydrogens (tertiary/aromatic N) is 1. The number of amides is 2. The molecule has 0 aliphatic heterocycles. The maximum absolute atomic E-state index is 12.7. The van der Waals surface area contributed by atoms with Crippen molar-refractivity contribution in [2.24, 2.45) is 5.92 Å². The van der Waals surface area contributed by atoms with Gasteiger partial charge in [0.2, 0.25) is 11.8 Å². The third kappa shape index (κ3) is 6.02. The van der Waals surface area contributed by atoms with E-state index in [0.717, 1.165) is 11.1 Å². The number of carboxylic acid groups (broad SMARTS) is 1. The van der Waals surface area contributed by atoms with Crippen molar-refractivity contribution in [1.82, 2.24) is 10.2 Å². The zero-order valence-electron chi connectivity index (χ0n) is 14.7. The maximum Gasteiger partial charge on any atom is 0.326 e. The zero-order valence-corrected chi connectivity index (χ0v) is 14.7. The summed E-state index contributed by atoms with van der Waals surface area (Å²) in [7, 11) is 0. The number of aryl methyl sites for hydroxylation is 1. The molecule has 0 saturated heterocycles. The Bertz CT molecular complexity index is 583. The van der Waals surface area contributed by atoms with Crippen LogP contribution < -0.4 is 5.32 Å². The smallest absolute Gasteiger partial charge is 0.326 e. The Hall–Kier alpha value is -2.37. The number of hydrogen-bond acceptors (Lipinski definition) is 3. The van der Waals surface area contributed by atoms with Gasteiger partial charge in [-0.3, -0.25) is 9.59 Å². The molecule has 6 nitrogen and oxygen atoms in total. The van der Waals surface area contributed by atoms with Gasteiger partial charge in [-0.25, -0.2) is 4.79 Å². The SMILES string of the molecule is CC(=O)NCCN(C(=O)C(C)Cc1ccc(C)cc1)C(C)C(=O)O. The molecule has 0 fully saturated rings. The minimum absolute atomic E-state index is 0.171. The first-order valence-electron chi connectivity index (χ1n) is 8.05. The number of carbonyl (C=O) groups is 3. The number of carboxylic acids is 1. The van der Waals surface area contributed by atoms with E-state index in [-0.39, 0.29) is 30.8 Å². The van der Waals surface area contributed by atoms with Crippen LogP contribution in [0.1, 0.15) is 31.9 Å². The van der Waals surface area contributed by atoms with E-state index in [1.165, 1.54) is 18.7 Å². The molecule has 0 aromatic heterocycles. The van der Waals surface area contributed by atoms with Crippen LogP contribution in [0.3, 0.4) is 0 Å². The van der Waals surface area contributed by atoms with Gasteiger partial charge in [0.15, 0.2) is 0 Å². The summed E-state index contributed by atoms with van der Waals surface area (Å²) in [6, 6.07) is 6.98. The van der Waals surface area contributed by atoms with Crippen LogP contribution >= 0.6 is 0 Å². The predicted molar refractivity (Wildman–Crippen MR) is 91.5 cm³/mol. The first kappa shape index (κ1) is 19.7. The molecule has 0 saturated carbocycles. The molecule has 0 heterocycles. The Balaban J connectivity index is 2.78. The van der Waals surface area contributed by atoms with Gasteiger partial charge in [0.05, 0.1) is 0 Å². The van der Waals surface area contributed by atoms with Gasteiger partial charge in [-0.2, -0.15) is 0 Å². The third-order valence-corrected chi connectivity index (χ3v) is 3.92. The van der Waals surface area contributed by atoms with Crippen LogP contribution in [0.5, 0.6) is 0 Å². The molecule has 0 aliphatic carbocycles. The minimum atomic E-state index is -1.06. The topological polar surface area (TPSA) is 86.7 Å². The Kier molecular flexibility index (Phi) is 7.42. The Labute approximate surface area is 142 Å². The molecule has 24 heavy (non-hydrogen) atoms. The number of rotatable bonds is 8. The average Bonchev–Trinajstić information content (AvgIpc) is 2.52. The fourth-order valence-corrected chi connectivity index (χ4v) is 2.43. The van der Waals surface area contributed by atoms with Crippen LogP contribution in [0.25, 0.3) is 0 Å². The molecule has 0 aliphatic rings. The van der Waals surface area contributed by atoms with Crippen LogP contribution in [0.2, 0.25) is 0 Å². The van der Waals surface area contributed by atoms with E-state index in [2.05, 4.69) is 5.32 Å². The van der Waals surface area contributed by atoms with Crippen LogP contribution in [0, 0.1) is 12.8 Å². The molecular formula is C18H26N2O4. The van der Waals surface area contributed by atoms with Crippen LogP contribution in [-0.2, 0) is 20.8 Å². The molecule has 2 amide bonds. The van der Waals surface area contributed by atoms with E-state index in [4.69, 9.17) is 0 Å². The second-order valence-corrected chi connectivity index (χ2v) is 6.12. The van der Waals surface area contributed by atoms with E-state index in [1.54, 1.807) is 6.92 Å². The molecule has 132 valence electrons. The Morgan fingerprint density at radius 1 is 1.17 bits per heavy atom. The van der Waals surface area contributed by atoms with Gasteiger partial charge in [-0.15, -0.1) is 0 Å².